The number of benzene rings is 1. The maximum Gasteiger partial charge on any atom is 0.407 e. The number of nitrogens with one attached hydrogen (secondary N) is 1. The van der Waals surface area contributed by atoms with Crippen LogP contribution >= 0.6 is 0 Å². The molecule has 4 heteroatoms. The topological polar surface area (TPSA) is 41.6 Å². The number of hydrogen-bond donors (Lipinski definition) is 1. The Morgan fingerprint density at radius 3 is 2.50 bits per heavy atom. The zero-order valence-electron chi connectivity index (χ0n) is 10.8. The van der Waals surface area contributed by atoms with Crippen molar-refractivity contribution in [1.82, 2.24) is 5.32 Å². The minimum absolute atomic E-state index is 0.393. The van der Waals surface area contributed by atoms with Gasteiger partial charge in [0.2, 0.25) is 0 Å². The van der Waals surface area contributed by atoms with Crippen molar-refractivity contribution in [2.24, 2.45) is 0 Å². The van der Waals surface area contributed by atoms with Gasteiger partial charge in [-0.2, -0.15) is 0 Å². The van der Waals surface area contributed by atoms with Gasteiger partial charge in [-0.05, 0) is 37.0 Å². The Balaban J connectivity index is 1.90. The van der Waals surface area contributed by atoms with E-state index in [1.807, 2.05) is 0 Å². The third-order valence-electron chi connectivity index (χ3n) is 3.28. The van der Waals surface area contributed by atoms with Crippen LogP contribution in [-0.4, -0.2) is 26.3 Å². The Morgan fingerprint density at radius 2 is 1.89 bits per heavy atom. The summed E-state index contributed by atoms with van der Waals surface area (Å²) in [5.74, 6) is 0. The number of piperidine rings is 1. The third-order valence-corrected chi connectivity index (χ3v) is 3.28. The monoisotopic (exact) mass is 248 g/mol. The summed E-state index contributed by atoms with van der Waals surface area (Å²) in [6, 6.07) is 8.36. The Hall–Kier alpha value is -1.71. The molecule has 0 spiro atoms. The van der Waals surface area contributed by atoms with Crippen molar-refractivity contribution in [3.8, 4) is 0 Å². The number of amides is 1. The van der Waals surface area contributed by atoms with Gasteiger partial charge in [-0.3, -0.25) is 0 Å². The number of methoxy groups -OCH3 is 1. The molecular formula is C14H20N2O2. The first kappa shape index (κ1) is 12.7. The Labute approximate surface area is 108 Å². The van der Waals surface area contributed by atoms with Gasteiger partial charge in [0, 0.05) is 25.3 Å². The molecule has 98 valence electrons. The highest BCUT2D eigenvalue weighted by Gasteiger charge is 2.10. The van der Waals surface area contributed by atoms with Crippen molar-refractivity contribution in [3.05, 3.63) is 29.8 Å². The Morgan fingerprint density at radius 1 is 1.22 bits per heavy atom. The van der Waals surface area contributed by atoms with Crippen LogP contribution in [0.4, 0.5) is 10.5 Å². The number of hydrogen-bond acceptors (Lipinski definition) is 3. The largest absolute Gasteiger partial charge is 0.453 e. The van der Waals surface area contributed by atoms with Gasteiger partial charge < -0.3 is 15.0 Å². The van der Waals surface area contributed by atoms with Crippen LogP contribution in [-0.2, 0) is 11.3 Å². The van der Waals surface area contributed by atoms with E-state index < -0.39 is 6.09 Å². The smallest absolute Gasteiger partial charge is 0.407 e. The second-order valence-electron chi connectivity index (χ2n) is 4.56. The molecule has 1 aliphatic rings. The highest BCUT2D eigenvalue weighted by Crippen LogP contribution is 2.20. The molecule has 1 fully saturated rings. The van der Waals surface area contributed by atoms with Crippen molar-refractivity contribution in [2.45, 2.75) is 25.8 Å². The summed E-state index contributed by atoms with van der Waals surface area (Å²) in [6.45, 7) is 2.81. The van der Waals surface area contributed by atoms with E-state index in [0.717, 1.165) is 18.7 Å². The van der Waals surface area contributed by atoms with E-state index in [2.05, 4.69) is 39.2 Å². The Bertz CT molecular complexity index is 383. The van der Waals surface area contributed by atoms with Crippen molar-refractivity contribution >= 4 is 11.8 Å². The van der Waals surface area contributed by atoms with Gasteiger partial charge >= 0.3 is 6.09 Å². The second kappa shape index (κ2) is 6.28. The van der Waals surface area contributed by atoms with Crippen LogP contribution in [0.2, 0.25) is 0 Å². The molecule has 1 aromatic carbocycles. The molecular weight excluding hydrogens is 228 g/mol. The molecule has 0 atom stereocenters. The van der Waals surface area contributed by atoms with E-state index in [4.69, 9.17) is 0 Å². The molecule has 18 heavy (non-hydrogen) atoms. The van der Waals surface area contributed by atoms with Crippen molar-refractivity contribution in [1.29, 1.82) is 0 Å². The minimum atomic E-state index is -0.393. The molecule has 0 aromatic heterocycles. The van der Waals surface area contributed by atoms with E-state index in [1.165, 1.54) is 32.1 Å². The molecule has 1 heterocycles. The lowest BCUT2D eigenvalue weighted by atomic mass is 10.1. The molecule has 1 saturated heterocycles. The average Bonchev–Trinajstić information content (AvgIpc) is 2.46. The first-order valence-electron chi connectivity index (χ1n) is 6.45. The van der Waals surface area contributed by atoms with E-state index in [-0.39, 0.29) is 0 Å². The van der Waals surface area contributed by atoms with Crippen molar-refractivity contribution < 1.29 is 9.53 Å². The van der Waals surface area contributed by atoms with Crippen LogP contribution in [0.15, 0.2) is 24.3 Å². The lowest BCUT2D eigenvalue weighted by Gasteiger charge is -2.28. The van der Waals surface area contributed by atoms with Gasteiger partial charge in [0.05, 0.1) is 7.11 Å². The third kappa shape index (κ3) is 3.39. The molecule has 0 radical (unpaired) electrons. The number of carbonyl (C=O) groups excluding carboxylic acids is 1. The quantitative estimate of drug-likeness (QED) is 0.893. The summed E-state index contributed by atoms with van der Waals surface area (Å²) < 4.78 is 4.53. The van der Waals surface area contributed by atoms with E-state index >= 15 is 0 Å². The Kier molecular flexibility index (Phi) is 4.45. The molecule has 1 aliphatic heterocycles. The van der Waals surface area contributed by atoms with Crippen LogP contribution in [0.5, 0.6) is 0 Å². The molecule has 0 bridgehead atoms. The lowest BCUT2D eigenvalue weighted by Crippen LogP contribution is -2.29. The fourth-order valence-corrected chi connectivity index (χ4v) is 2.22. The summed E-state index contributed by atoms with van der Waals surface area (Å²) in [7, 11) is 1.37. The van der Waals surface area contributed by atoms with Crippen LogP contribution in [0.1, 0.15) is 24.8 Å². The molecule has 4 nitrogen and oxygen atoms in total. The first-order chi connectivity index (χ1) is 8.79. The summed E-state index contributed by atoms with van der Waals surface area (Å²) in [4.78, 5) is 13.4. The number of rotatable bonds is 3. The van der Waals surface area contributed by atoms with Gasteiger partial charge in [-0.15, -0.1) is 0 Å². The summed E-state index contributed by atoms with van der Waals surface area (Å²) in [5, 5.41) is 2.67. The molecule has 0 aliphatic carbocycles. The van der Waals surface area contributed by atoms with E-state index in [9.17, 15) is 4.79 Å². The fraction of sp³-hybridized carbons (Fsp3) is 0.500. The standard InChI is InChI=1S/C14H20N2O2/c1-18-14(17)15-11-12-5-7-13(8-6-12)16-9-3-2-4-10-16/h5-8H,2-4,9-11H2,1H3,(H,15,17). The van der Waals surface area contributed by atoms with E-state index in [0.29, 0.717) is 6.54 Å². The summed E-state index contributed by atoms with van der Waals surface area (Å²) in [6.07, 6.45) is 3.52. The molecule has 0 saturated carbocycles. The number of anilines is 1. The molecule has 1 N–H and O–H groups in total. The van der Waals surface area contributed by atoms with Crippen LogP contribution < -0.4 is 10.2 Å². The van der Waals surface area contributed by atoms with Gasteiger partial charge in [0.1, 0.15) is 0 Å². The molecule has 2 rings (SSSR count). The average molecular weight is 248 g/mol. The van der Waals surface area contributed by atoms with Crippen LogP contribution in [0, 0.1) is 0 Å². The zero-order valence-corrected chi connectivity index (χ0v) is 10.8. The molecule has 1 aromatic rings. The fourth-order valence-electron chi connectivity index (χ4n) is 2.22. The van der Waals surface area contributed by atoms with Crippen molar-refractivity contribution in [2.75, 3.05) is 25.1 Å². The maximum absolute atomic E-state index is 11.0. The predicted molar refractivity (Wildman–Crippen MR) is 71.8 cm³/mol. The van der Waals surface area contributed by atoms with Crippen molar-refractivity contribution in [3.63, 3.8) is 0 Å². The summed E-state index contributed by atoms with van der Waals surface area (Å²) in [5.41, 5.74) is 2.36. The lowest BCUT2D eigenvalue weighted by molar-refractivity contribution is 0.170. The van der Waals surface area contributed by atoms with Gasteiger partial charge in [-0.1, -0.05) is 12.1 Å². The zero-order chi connectivity index (χ0) is 12.8. The summed E-state index contributed by atoms with van der Waals surface area (Å²) >= 11 is 0. The first-order valence-corrected chi connectivity index (χ1v) is 6.45. The predicted octanol–water partition coefficient (Wildman–Crippen LogP) is 2.53. The maximum atomic E-state index is 11.0. The number of ether oxygens (including phenoxy) is 1. The minimum Gasteiger partial charge on any atom is -0.453 e. The van der Waals surface area contributed by atoms with Crippen LogP contribution in [0.25, 0.3) is 0 Å². The molecule has 0 unspecified atom stereocenters. The highest BCUT2D eigenvalue weighted by molar-refractivity contribution is 5.66. The normalized spacial score (nSPS) is 15.3. The SMILES string of the molecule is COC(=O)NCc1ccc(N2CCCCC2)cc1. The van der Waals surface area contributed by atoms with E-state index in [1.54, 1.807) is 0 Å². The van der Waals surface area contributed by atoms with Gasteiger partial charge in [0.25, 0.3) is 0 Å². The molecule has 1 amide bonds. The van der Waals surface area contributed by atoms with Gasteiger partial charge in [-0.25, -0.2) is 4.79 Å². The van der Waals surface area contributed by atoms with Gasteiger partial charge in [0.15, 0.2) is 0 Å². The number of carbonyl (C=O) groups is 1. The van der Waals surface area contributed by atoms with Crippen LogP contribution in [0.3, 0.4) is 0 Å². The highest BCUT2D eigenvalue weighted by atomic mass is 16.5. The number of nitrogens with zero attached hydrogens (tertiary/aromatic N) is 1. The number of alkyl carbamates (subject to hydrolysis) is 1. The second-order valence-corrected chi connectivity index (χ2v) is 4.56.